The van der Waals surface area contributed by atoms with Crippen LogP contribution in [0, 0.1) is 0 Å². The average Bonchev–Trinajstić information content (AvgIpc) is 2.88. The summed E-state index contributed by atoms with van der Waals surface area (Å²) in [4.78, 5) is 0. The Balaban J connectivity index is 1.47. The Kier molecular flexibility index (Phi) is 6.23. The first-order valence-electron chi connectivity index (χ1n) is 10.7. The van der Waals surface area contributed by atoms with Crippen LogP contribution in [0.15, 0.2) is 132 Å². The highest BCUT2D eigenvalue weighted by Crippen LogP contribution is 2.42. The Hall–Kier alpha value is -3.82. The highest BCUT2D eigenvalue weighted by atomic mass is 79.9. The van der Waals surface area contributed by atoms with E-state index < -0.39 is 0 Å². The molecule has 0 saturated carbocycles. The zero-order valence-electron chi connectivity index (χ0n) is 17.8. The highest BCUT2D eigenvalue weighted by molar-refractivity contribution is 9.10. The Morgan fingerprint density at radius 3 is 1.18 bits per heavy atom. The van der Waals surface area contributed by atoms with E-state index in [4.69, 9.17) is 9.47 Å². The van der Waals surface area contributed by atoms with Crippen LogP contribution in [-0.4, -0.2) is 0 Å². The molecule has 0 amide bonds. The molecule has 0 spiro atoms. The molecule has 0 saturated heterocycles. The number of hydrogen-bond acceptors (Lipinski definition) is 2. The van der Waals surface area contributed by atoms with Crippen LogP contribution in [0.3, 0.4) is 0 Å². The summed E-state index contributed by atoms with van der Waals surface area (Å²) in [5.41, 5.74) is 4.28. The van der Waals surface area contributed by atoms with Gasteiger partial charge in [-0.1, -0.05) is 103 Å². The molecule has 0 bridgehead atoms. The third-order valence-corrected chi connectivity index (χ3v) is 6.09. The van der Waals surface area contributed by atoms with Crippen LogP contribution in [0.5, 0.6) is 23.0 Å². The van der Waals surface area contributed by atoms with Gasteiger partial charge in [-0.25, -0.2) is 0 Å². The number of para-hydroxylation sites is 2. The molecule has 160 valence electrons. The second-order valence-corrected chi connectivity index (χ2v) is 8.29. The largest absolute Gasteiger partial charge is 0.455 e. The fourth-order valence-corrected chi connectivity index (χ4v) is 4.14. The van der Waals surface area contributed by atoms with Gasteiger partial charge in [0, 0.05) is 11.1 Å². The van der Waals surface area contributed by atoms with Crippen LogP contribution in [0.1, 0.15) is 0 Å². The van der Waals surface area contributed by atoms with Crippen molar-refractivity contribution in [1.29, 1.82) is 0 Å². The molecule has 0 N–H and O–H groups in total. The zero-order valence-corrected chi connectivity index (χ0v) is 19.4. The van der Waals surface area contributed by atoms with Crippen molar-refractivity contribution in [1.82, 2.24) is 0 Å². The molecule has 0 heterocycles. The molecule has 0 atom stereocenters. The van der Waals surface area contributed by atoms with E-state index in [1.54, 1.807) is 0 Å². The van der Waals surface area contributed by atoms with Crippen molar-refractivity contribution in [2.75, 3.05) is 0 Å². The Bertz CT molecular complexity index is 1260. The van der Waals surface area contributed by atoms with Crippen molar-refractivity contribution in [3.05, 3.63) is 132 Å². The predicted octanol–water partition coefficient (Wildman–Crippen LogP) is 9.37. The van der Waals surface area contributed by atoms with Gasteiger partial charge in [0.15, 0.2) is 0 Å². The summed E-state index contributed by atoms with van der Waals surface area (Å²) < 4.78 is 13.5. The molecule has 0 aliphatic rings. The quantitative estimate of drug-likeness (QED) is 0.235. The Morgan fingerprint density at radius 1 is 0.364 bits per heavy atom. The minimum absolute atomic E-state index is 0.688. The third kappa shape index (κ3) is 4.69. The van der Waals surface area contributed by atoms with Crippen LogP contribution in [0.4, 0.5) is 0 Å². The maximum Gasteiger partial charge on any atom is 0.145 e. The van der Waals surface area contributed by atoms with Gasteiger partial charge < -0.3 is 9.47 Å². The molecule has 2 nitrogen and oxygen atoms in total. The number of benzene rings is 5. The van der Waals surface area contributed by atoms with Gasteiger partial charge in [0.1, 0.15) is 27.5 Å². The molecule has 5 aromatic rings. The smallest absolute Gasteiger partial charge is 0.145 e. The van der Waals surface area contributed by atoms with Crippen molar-refractivity contribution in [3.8, 4) is 45.3 Å². The Morgan fingerprint density at radius 2 is 0.727 bits per heavy atom. The van der Waals surface area contributed by atoms with E-state index in [1.165, 1.54) is 0 Å². The molecule has 0 aliphatic heterocycles. The van der Waals surface area contributed by atoms with Crippen LogP contribution in [0.25, 0.3) is 22.3 Å². The molecular formula is C30H21BrO2. The van der Waals surface area contributed by atoms with Gasteiger partial charge in [-0.2, -0.15) is 0 Å². The van der Waals surface area contributed by atoms with E-state index in [-0.39, 0.29) is 0 Å². The lowest BCUT2D eigenvalue weighted by molar-refractivity contribution is 0.456. The summed E-state index contributed by atoms with van der Waals surface area (Å²) in [5.74, 6) is 2.94. The minimum Gasteiger partial charge on any atom is -0.455 e. The van der Waals surface area contributed by atoms with Gasteiger partial charge in [-0.15, -0.1) is 0 Å². The van der Waals surface area contributed by atoms with Gasteiger partial charge in [-0.3, -0.25) is 0 Å². The van der Waals surface area contributed by atoms with Gasteiger partial charge in [0.25, 0.3) is 0 Å². The maximum atomic E-state index is 6.36. The van der Waals surface area contributed by atoms with Crippen LogP contribution >= 0.6 is 15.9 Å². The maximum absolute atomic E-state index is 6.36. The SMILES string of the molecule is Brc1c(Oc2ccccc2-c2ccccc2)cccc1Oc1ccccc1-c1ccccc1. The molecule has 33 heavy (non-hydrogen) atoms. The van der Waals surface area contributed by atoms with E-state index in [1.807, 2.05) is 91.0 Å². The van der Waals surface area contributed by atoms with Gasteiger partial charge >= 0.3 is 0 Å². The first-order valence-corrected chi connectivity index (χ1v) is 11.5. The second kappa shape index (κ2) is 9.76. The molecule has 5 rings (SSSR count). The number of halogens is 1. The lowest BCUT2D eigenvalue weighted by Gasteiger charge is -2.16. The summed E-state index contributed by atoms with van der Waals surface area (Å²) in [5, 5.41) is 0. The van der Waals surface area contributed by atoms with Gasteiger partial charge in [0.05, 0.1) is 0 Å². The van der Waals surface area contributed by atoms with Crippen molar-refractivity contribution in [2.24, 2.45) is 0 Å². The summed E-state index contributed by atoms with van der Waals surface area (Å²) in [6.45, 7) is 0. The molecule has 0 unspecified atom stereocenters. The molecular weight excluding hydrogens is 472 g/mol. The third-order valence-electron chi connectivity index (χ3n) is 5.31. The standard InChI is InChI=1S/C30H21BrO2/c31-30-28(32-26-18-9-7-16-24(26)22-12-3-1-4-13-22)20-11-21-29(30)33-27-19-10-8-17-25(27)23-14-5-2-6-15-23/h1-21H. The average molecular weight is 493 g/mol. The van der Waals surface area contributed by atoms with Crippen molar-refractivity contribution >= 4 is 15.9 Å². The normalized spacial score (nSPS) is 10.6. The summed E-state index contributed by atoms with van der Waals surface area (Å²) in [6.07, 6.45) is 0. The van der Waals surface area contributed by atoms with Gasteiger partial charge in [-0.05, 0) is 51.3 Å². The summed E-state index contributed by atoms with van der Waals surface area (Å²) >= 11 is 3.71. The molecule has 3 heteroatoms. The van der Waals surface area contributed by atoms with E-state index >= 15 is 0 Å². The van der Waals surface area contributed by atoms with E-state index in [9.17, 15) is 0 Å². The molecule has 0 aliphatic carbocycles. The van der Waals surface area contributed by atoms with Crippen molar-refractivity contribution in [3.63, 3.8) is 0 Å². The van der Waals surface area contributed by atoms with Crippen LogP contribution in [-0.2, 0) is 0 Å². The fourth-order valence-electron chi connectivity index (χ4n) is 3.71. The van der Waals surface area contributed by atoms with E-state index in [2.05, 4.69) is 52.3 Å². The first-order chi connectivity index (χ1) is 16.3. The predicted molar refractivity (Wildman–Crippen MR) is 138 cm³/mol. The van der Waals surface area contributed by atoms with Crippen molar-refractivity contribution in [2.45, 2.75) is 0 Å². The van der Waals surface area contributed by atoms with Crippen molar-refractivity contribution < 1.29 is 9.47 Å². The second-order valence-electron chi connectivity index (χ2n) is 7.50. The topological polar surface area (TPSA) is 18.5 Å². The summed E-state index contributed by atoms with van der Waals surface area (Å²) in [6, 6.07) is 42.3. The summed E-state index contributed by atoms with van der Waals surface area (Å²) in [7, 11) is 0. The monoisotopic (exact) mass is 492 g/mol. The first kappa shape index (κ1) is 21.0. The minimum atomic E-state index is 0.688. The zero-order chi connectivity index (χ0) is 22.5. The van der Waals surface area contributed by atoms with Gasteiger partial charge in [0.2, 0.25) is 0 Å². The lowest BCUT2D eigenvalue weighted by atomic mass is 10.0. The number of hydrogen-bond donors (Lipinski definition) is 0. The molecule has 0 radical (unpaired) electrons. The van der Waals surface area contributed by atoms with Crippen LogP contribution in [0.2, 0.25) is 0 Å². The molecule has 0 aromatic heterocycles. The van der Waals surface area contributed by atoms with E-state index in [0.29, 0.717) is 11.5 Å². The molecule has 0 fully saturated rings. The Labute approximate surface area is 202 Å². The highest BCUT2D eigenvalue weighted by Gasteiger charge is 2.14. The fraction of sp³-hybridized carbons (Fsp3) is 0. The molecule has 5 aromatic carbocycles. The number of rotatable bonds is 6. The van der Waals surface area contributed by atoms with E-state index in [0.717, 1.165) is 38.2 Å². The number of ether oxygens (including phenoxy) is 2. The van der Waals surface area contributed by atoms with Crippen LogP contribution < -0.4 is 9.47 Å². The lowest BCUT2D eigenvalue weighted by Crippen LogP contribution is -1.93.